The molecule has 6 heteroatoms. The number of hydrogen-bond acceptors (Lipinski definition) is 3. The molecule has 1 amide bonds. The topological polar surface area (TPSA) is 89.3 Å². The van der Waals surface area contributed by atoms with Crippen LogP contribution in [0.4, 0.5) is 0 Å². The van der Waals surface area contributed by atoms with E-state index in [-0.39, 0.29) is 4.90 Å². The van der Waals surface area contributed by atoms with Gasteiger partial charge in [-0.2, -0.15) is 0 Å². The molecule has 2 aromatic carbocycles. The number of sulfonamides is 1. The van der Waals surface area contributed by atoms with E-state index in [2.05, 4.69) is 11.2 Å². The first-order chi connectivity index (χ1) is 10.4. The molecule has 2 aromatic rings. The second-order valence-electron chi connectivity index (χ2n) is 4.55. The lowest BCUT2D eigenvalue weighted by Crippen LogP contribution is -2.27. The van der Waals surface area contributed by atoms with E-state index >= 15 is 0 Å². The van der Waals surface area contributed by atoms with Crippen molar-refractivity contribution in [3.8, 4) is 12.3 Å². The minimum absolute atomic E-state index is 0.0550. The van der Waals surface area contributed by atoms with Crippen molar-refractivity contribution in [2.75, 3.05) is 0 Å². The largest absolute Gasteiger partial charge is 0.334 e. The van der Waals surface area contributed by atoms with Crippen molar-refractivity contribution in [2.24, 2.45) is 5.14 Å². The van der Waals surface area contributed by atoms with Crippen LogP contribution in [0.2, 0.25) is 0 Å². The molecule has 112 valence electrons. The summed E-state index contributed by atoms with van der Waals surface area (Å²) in [6.45, 7) is 0. The van der Waals surface area contributed by atoms with E-state index in [0.717, 1.165) is 5.56 Å². The highest BCUT2D eigenvalue weighted by Crippen LogP contribution is 2.13. The van der Waals surface area contributed by atoms with Gasteiger partial charge >= 0.3 is 0 Å². The molecule has 0 aromatic heterocycles. The van der Waals surface area contributed by atoms with Gasteiger partial charge in [0.25, 0.3) is 5.91 Å². The monoisotopic (exact) mass is 314 g/mol. The fraction of sp³-hybridized carbons (Fsp3) is 0.0625. The van der Waals surface area contributed by atoms with Crippen LogP contribution >= 0.6 is 0 Å². The smallest absolute Gasteiger partial charge is 0.252 e. The number of nitrogens with one attached hydrogen (secondary N) is 1. The first kappa shape index (κ1) is 15.8. The fourth-order valence-corrected chi connectivity index (χ4v) is 2.39. The minimum Gasteiger partial charge on any atom is -0.334 e. The van der Waals surface area contributed by atoms with Crippen LogP contribution in [0.15, 0.2) is 59.5 Å². The summed E-state index contributed by atoms with van der Waals surface area (Å²) in [5.74, 6) is 2.11. The number of carbonyl (C=O) groups is 1. The van der Waals surface area contributed by atoms with Gasteiger partial charge in [0.1, 0.15) is 6.04 Å². The maximum absolute atomic E-state index is 12.2. The summed E-state index contributed by atoms with van der Waals surface area (Å²) in [5, 5.41) is 7.71. The Morgan fingerprint density at radius 3 is 2.18 bits per heavy atom. The van der Waals surface area contributed by atoms with Gasteiger partial charge in [0.05, 0.1) is 4.90 Å². The summed E-state index contributed by atoms with van der Waals surface area (Å²) in [4.78, 5) is 12.1. The van der Waals surface area contributed by atoms with Gasteiger partial charge in [0.15, 0.2) is 0 Å². The van der Waals surface area contributed by atoms with Gasteiger partial charge in [-0.3, -0.25) is 4.79 Å². The zero-order valence-electron chi connectivity index (χ0n) is 11.6. The molecule has 0 unspecified atom stereocenters. The average Bonchev–Trinajstić information content (AvgIpc) is 2.52. The number of amides is 1. The van der Waals surface area contributed by atoms with E-state index in [4.69, 9.17) is 11.6 Å². The first-order valence-corrected chi connectivity index (χ1v) is 7.91. The van der Waals surface area contributed by atoms with Crippen molar-refractivity contribution in [2.45, 2.75) is 10.9 Å². The maximum Gasteiger partial charge on any atom is 0.252 e. The number of primary sulfonamides is 1. The average molecular weight is 314 g/mol. The third-order valence-electron chi connectivity index (χ3n) is 3.02. The second-order valence-corrected chi connectivity index (χ2v) is 6.11. The SMILES string of the molecule is C#C[C@H](NC(=O)c1ccc(S(N)(=O)=O)cc1)c1ccccc1. The van der Waals surface area contributed by atoms with Crippen molar-refractivity contribution in [1.29, 1.82) is 0 Å². The molecule has 0 heterocycles. The van der Waals surface area contributed by atoms with Gasteiger partial charge in [0.2, 0.25) is 10.0 Å². The molecular formula is C16H14N2O3S. The van der Waals surface area contributed by atoms with Crippen LogP contribution in [0.1, 0.15) is 22.0 Å². The Hall–Kier alpha value is -2.62. The number of hydrogen-bond donors (Lipinski definition) is 2. The molecule has 0 fully saturated rings. The zero-order chi connectivity index (χ0) is 16.2. The van der Waals surface area contributed by atoms with Gasteiger partial charge in [-0.15, -0.1) is 6.42 Å². The lowest BCUT2D eigenvalue weighted by Gasteiger charge is -2.13. The number of rotatable bonds is 4. The summed E-state index contributed by atoms with van der Waals surface area (Å²) < 4.78 is 22.3. The van der Waals surface area contributed by atoms with E-state index in [9.17, 15) is 13.2 Å². The molecule has 0 aliphatic rings. The molecular weight excluding hydrogens is 300 g/mol. The van der Waals surface area contributed by atoms with Gasteiger partial charge in [0, 0.05) is 5.56 Å². The Morgan fingerprint density at radius 2 is 1.68 bits per heavy atom. The number of benzene rings is 2. The van der Waals surface area contributed by atoms with Crippen molar-refractivity contribution in [3.05, 3.63) is 65.7 Å². The van der Waals surface area contributed by atoms with E-state index in [1.54, 1.807) is 0 Å². The zero-order valence-corrected chi connectivity index (χ0v) is 12.4. The molecule has 0 spiro atoms. The van der Waals surface area contributed by atoms with Crippen LogP contribution in [0.25, 0.3) is 0 Å². The first-order valence-electron chi connectivity index (χ1n) is 6.36. The van der Waals surface area contributed by atoms with Gasteiger partial charge in [-0.1, -0.05) is 36.3 Å². The highest BCUT2D eigenvalue weighted by Gasteiger charge is 2.14. The van der Waals surface area contributed by atoms with E-state index in [1.807, 2.05) is 30.3 Å². The molecule has 1 atom stereocenters. The molecule has 0 aliphatic carbocycles. The van der Waals surface area contributed by atoms with Crippen molar-refractivity contribution in [1.82, 2.24) is 5.32 Å². The normalized spacial score (nSPS) is 12.2. The third kappa shape index (κ3) is 3.73. The highest BCUT2D eigenvalue weighted by atomic mass is 32.2. The number of terminal acetylenes is 1. The molecule has 0 saturated carbocycles. The summed E-state index contributed by atoms with van der Waals surface area (Å²) in [7, 11) is -3.78. The van der Waals surface area contributed by atoms with Crippen LogP contribution in [-0.2, 0) is 10.0 Å². The second kappa shape index (κ2) is 6.43. The Bertz CT molecular complexity index is 807. The third-order valence-corrected chi connectivity index (χ3v) is 3.95. The molecule has 2 rings (SSSR count). The Labute approximate surface area is 129 Å². The van der Waals surface area contributed by atoms with Crippen LogP contribution in [0, 0.1) is 12.3 Å². The predicted octanol–water partition coefficient (Wildman–Crippen LogP) is 1.44. The maximum atomic E-state index is 12.2. The Balaban J connectivity index is 2.17. The summed E-state index contributed by atoms with van der Waals surface area (Å²) >= 11 is 0. The van der Waals surface area contributed by atoms with E-state index < -0.39 is 22.0 Å². The molecule has 22 heavy (non-hydrogen) atoms. The van der Waals surface area contributed by atoms with Crippen LogP contribution in [0.3, 0.4) is 0 Å². The molecule has 0 saturated heterocycles. The van der Waals surface area contributed by atoms with Crippen LogP contribution in [0.5, 0.6) is 0 Å². The summed E-state index contributed by atoms with van der Waals surface area (Å²) in [5.41, 5.74) is 1.09. The molecule has 3 N–H and O–H groups in total. The van der Waals surface area contributed by atoms with Crippen molar-refractivity contribution in [3.63, 3.8) is 0 Å². The lowest BCUT2D eigenvalue weighted by atomic mass is 10.1. The van der Waals surface area contributed by atoms with Gasteiger partial charge < -0.3 is 5.32 Å². The molecule has 0 aliphatic heterocycles. The van der Waals surface area contributed by atoms with E-state index in [0.29, 0.717) is 5.56 Å². The quantitative estimate of drug-likeness (QED) is 0.837. The predicted molar refractivity (Wildman–Crippen MR) is 83.3 cm³/mol. The lowest BCUT2D eigenvalue weighted by molar-refractivity contribution is 0.0945. The van der Waals surface area contributed by atoms with Crippen molar-refractivity contribution < 1.29 is 13.2 Å². The number of carbonyl (C=O) groups excluding carboxylic acids is 1. The van der Waals surface area contributed by atoms with Gasteiger partial charge in [-0.05, 0) is 29.8 Å². The Kier molecular flexibility index (Phi) is 4.61. The summed E-state index contributed by atoms with van der Waals surface area (Å²) in [6, 6.07) is 13.9. The molecule has 0 bridgehead atoms. The number of nitrogens with two attached hydrogens (primary N) is 1. The molecule has 0 radical (unpaired) electrons. The minimum atomic E-state index is -3.78. The van der Waals surface area contributed by atoms with E-state index in [1.165, 1.54) is 24.3 Å². The summed E-state index contributed by atoms with van der Waals surface area (Å²) in [6.07, 6.45) is 5.45. The van der Waals surface area contributed by atoms with Crippen LogP contribution < -0.4 is 10.5 Å². The Morgan fingerprint density at radius 1 is 1.09 bits per heavy atom. The van der Waals surface area contributed by atoms with Crippen LogP contribution in [-0.4, -0.2) is 14.3 Å². The fourth-order valence-electron chi connectivity index (χ4n) is 1.88. The van der Waals surface area contributed by atoms with Gasteiger partial charge in [-0.25, -0.2) is 13.6 Å². The standard InChI is InChI=1S/C16H14N2O3S/c1-2-15(12-6-4-3-5-7-12)18-16(19)13-8-10-14(11-9-13)22(17,20)21/h1,3-11,15H,(H,18,19)(H2,17,20,21)/t15-/m0/s1. The molecule has 5 nitrogen and oxygen atoms in total. The van der Waals surface area contributed by atoms with Crippen molar-refractivity contribution >= 4 is 15.9 Å². The highest BCUT2D eigenvalue weighted by molar-refractivity contribution is 7.89.